The van der Waals surface area contributed by atoms with Crippen LogP contribution in [0.3, 0.4) is 0 Å². The van der Waals surface area contributed by atoms with Crippen molar-refractivity contribution < 1.29 is 9.66 Å². The molecule has 7 heteroatoms. The SMILES string of the molecule is Cc1nc(NC(C)C)c([N+](=O)[O-])c(OCC(C)C)n1. The van der Waals surface area contributed by atoms with Gasteiger partial charge < -0.3 is 10.1 Å². The molecule has 0 radical (unpaired) electrons. The van der Waals surface area contributed by atoms with Crippen molar-refractivity contribution in [2.24, 2.45) is 5.92 Å². The summed E-state index contributed by atoms with van der Waals surface area (Å²) in [5.41, 5.74) is -0.208. The van der Waals surface area contributed by atoms with Crippen LogP contribution in [0.4, 0.5) is 11.5 Å². The van der Waals surface area contributed by atoms with Gasteiger partial charge in [-0.25, -0.2) is 4.98 Å². The predicted octanol–water partition coefficient (Wildman–Crippen LogP) is 2.55. The first-order chi connectivity index (χ1) is 8.81. The summed E-state index contributed by atoms with van der Waals surface area (Å²) in [6, 6.07) is 0.0333. The second-order valence-electron chi connectivity index (χ2n) is 5.03. The summed E-state index contributed by atoms with van der Waals surface area (Å²) in [5.74, 6) is 0.921. The van der Waals surface area contributed by atoms with Gasteiger partial charge in [0.2, 0.25) is 5.82 Å². The Morgan fingerprint density at radius 3 is 2.42 bits per heavy atom. The van der Waals surface area contributed by atoms with Crippen LogP contribution >= 0.6 is 0 Å². The van der Waals surface area contributed by atoms with E-state index in [9.17, 15) is 10.1 Å². The molecule has 1 N–H and O–H groups in total. The second-order valence-corrected chi connectivity index (χ2v) is 5.03. The molecule has 0 aliphatic rings. The van der Waals surface area contributed by atoms with Crippen molar-refractivity contribution in [1.82, 2.24) is 9.97 Å². The average Bonchev–Trinajstić information content (AvgIpc) is 2.23. The number of aryl methyl sites for hydroxylation is 1. The Balaban J connectivity index is 3.19. The normalized spacial score (nSPS) is 10.9. The van der Waals surface area contributed by atoms with E-state index in [0.717, 1.165) is 0 Å². The molecule has 0 aliphatic heterocycles. The van der Waals surface area contributed by atoms with Gasteiger partial charge in [-0.2, -0.15) is 4.98 Å². The molecular weight excluding hydrogens is 248 g/mol. The van der Waals surface area contributed by atoms with Crippen LogP contribution in [-0.2, 0) is 0 Å². The summed E-state index contributed by atoms with van der Waals surface area (Å²) in [7, 11) is 0. The highest BCUT2D eigenvalue weighted by Gasteiger charge is 2.26. The zero-order valence-corrected chi connectivity index (χ0v) is 11.9. The molecule has 1 heterocycles. The molecule has 106 valence electrons. The number of rotatable bonds is 6. The van der Waals surface area contributed by atoms with Gasteiger partial charge in [-0.3, -0.25) is 10.1 Å². The quantitative estimate of drug-likeness (QED) is 0.629. The number of aromatic nitrogens is 2. The summed E-state index contributed by atoms with van der Waals surface area (Å²) in [4.78, 5) is 18.8. The van der Waals surface area contributed by atoms with Gasteiger partial charge in [0.05, 0.1) is 11.5 Å². The van der Waals surface area contributed by atoms with Gasteiger partial charge in [0, 0.05) is 6.04 Å². The minimum Gasteiger partial charge on any atom is -0.472 e. The van der Waals surface area contributed by atoms with Crippen LogP contribution in [0.1, 0.15) is 33.5 Å². The van der Waals surface area contributed by atoms with Crippen LogP contribution in [0.25, 0.3) is 0 Å². The van der Waals surface area contributed by atoms with Crippen LogP contribution in [0.5, 0.6) is 5.88 Å². The lowest BCUT2D eigenvalue weighted by Crippen LogP contribution is -2.16. The molecule has 0 amide bonds. The lowest BCUT2D eigenvalue weighted by Gasteiger charge is -2.13. The highest BCUT2D eigenvalue weighted by molar-refractivity contribution is 5.62. The number of nitrogens with one attached hydrogen (secondary N) is 1. The number of hydrogen-bond acceptors (Lipinski definition) is 6. The minimum atomic E-state index is -0.514. The Kier molecular flexibility index (Phi) is 5.02. The van der Waals surface area contributed by atoms with E-state index in [-0.39, 0.29) is 29.3 Å². The molecular formula is C12H20N4O3. The van der Waals surface area contributed by atoms with Crippen LogP contribution in [0.15, 0.2) is 0 Å². The van der Waals surface area contributed by atoms with Crippen LogP contribution < -0.4 is 10.1 Å². The highest BCUT2D eigenvalue weighted by Crippen LogP contribution is 2.32. The summed E-state index contributed by atoms with van der Waals surface area (Å²) in [6.45, 7) is 9.75. The van der Waals surface area contributed by atoms with Crippen LogP contribution in [-0.4, -0.2) is 27.5 Å². The van der Waals surface area contributed by atoms with Gasteiger partial charge >= 0.3 is 5.69 Å². The van der Waals surface area contributed by atoms with Gasteiger partial charge in [0.1, 0.15) is 5.82 Å². The van der Waals surface area contributed by atoms with E-state index < -0.39 is 4.92 Å². The zero-order chi connectivity index (χ0) is 14.6. The maximum Gasteiger partial charge on any atom is 0.372 e. The first kappa shape index (κ1) is 15.1. The van der Waals surface area contributed by atoms with E-state index in [0.29, 0.717) is 12.4 Å². The van der Waals surface area contributed by atoms with E-state index in [1.165, 1.54) is 0 Å². The third-order valence-electron chi connectivity index (χ3n) is 2.13. The second kappa shape index (κ2) is 6.31. The monoisotopic (exact) mass is 268 g/mol. The molecule has 0 spiro atoms. The standard InChI is InChI=1S/C12H20N4O3/c1-7(2)6-19-12-10(16(17)18)11(13-8(3)4)14-9(5)15-12/h7-8H,6H2,1-5H3,(H,13,14,15). The Labute approximate surface area is 112 Å². The molecule has 0 aromatic carbocycles. The van der Waals surface area contributed by atoms with Crippen molar-refractivity contribution in [2.45, 2.75) is 40.7 Å². The molecule has 0 saturated carbocycles. The molecule has 0 unspecified atom stereocenters. The molecule has 1 rings (SSSR count). The first-order valence-corrected chi connectivity index (χ1v) is 6.23. The fraction of sp³-hybridized carbons (Fsp3) is 0.667. The Morgan fingerprint density at radius 1 is 1.32 bits per heavy atom. The summed E-state index contributed by atoms with van der Waals surface area (Å²) in [6.07, 6.45) is 0. The lowest BCUT2D eigenvalue weighted by molar-refractivity contribution is -0.385. The molecule has 19 heavy (non-hydrogen) atoms. The van der Waals surface area contributed by atoms with E-state index in [1.807, 2.05) is 27.7 Å². The molecule has 0 saturated heterocycles. The van der Waals surface area contributed by atoms with Crippen LogP contribution in [0, 0.1) is 23.0 Å². The molecule has 0 aliphatic carbocycles. The summed E-state index contributed by atoms with van der Waals surface area (Å²) in [5, 5.41) is 14.1. The summed E-state index contributed by atoms with van der Waals surface area (Å²) >= 11 is 0. The van der Waals surface area contributed by atoms with Crippen molar-refractivity contribution in [2.75, 3.05) is 11.9 Å². The number of hydrogen-bond donors (Lipinski definition) is 1. The Bertz CT molecular complexity index is 461. The largest absolute Gasteiger partial charge is 0.472 e. The van der Waals surface area contributed by atoms with Crippen molar-refractivity contribution >= 4 is 11.5 Å². The van der Waals surface area contributed by atoms with E-state index >= 15 is 0 Å². The molecule has 7 nitrogen and oxygen atoms in total. The number of nitro groups is 1. The highest BCUT2D eigenvalue weighted by atomic mass is 16.6. The van der Waals surface area contributed by atoms with E-state index in [1.54, 1.807) is 6.92 Å². The lowest BCUT2D eigenvalue weighted by atomic mass is 10.2. The summed E-state index contributed by atoms with van der Waals surface area (Å²) < 4.78 is 5.43. The van der Waals surface area contributed by atoms with Gasteiger partial charge in [0.25, 0.3) is 5.88 Å². The van der Waals surface area contributed by atoms with Gasteiger partial charge in [-0.1, -0.05) is 13.8 Å². The van der Waals surface area contributed by atoms with E-state index in [4.69, 9.17) is 4.74 Å². The third-order valence-corrected chi connectivity index (χ3v) is 2.13. The predicted molar refractivity (Wildman–Crippen MR) is 72.5 cm³/mol. The topological polar surface area (TPSA) is 90.2 Å². The number of ether oxygens (including phenoxy) is 1. The fourth-order valence-electron chi connectivity index (χ4n) is 1.43. The fourth-order valence-corrected chi connectivity index (χ4v) is 1.43. The number of nitrogens with zero attached hydrogens (tertiary/aromatic N) is 3. The molecule has 0 bridgehead atoms. The smallest absolute Gasteiger partial charge is 0.372 e. The van der Waals surface area contributed by atoms with Crippen molar-refractivity contribution in [3.05, 3.63) is 15.9 Å². The van der Waals surface area contributed by atoms with Gasteiger partial charge in [-0.05, 0) is 26.7 Å². The van der Waals surface area contributed by atoms with Crippen molar-refractivity contribution in [1.29, 1.82) is 0 Å². The van der Waals surface area contributed by atoms with Crippen LogP contribution in [0.2, 0.25) is 0 Å². The minimum absolute atomic E-state index is 0.0225. The van der Waals surface area contributed by atoms with Gasteiger partial charge in [-0.15, -0.1) is 0 Å². The molecule has 0 atom stereocenters. The molecule has 1 aromatic rings. The Hall–Kier alpha value is -1.92. The van der Waals surface area contributed by atoms with Crippen molar-refractivity contribution in [3.8, 4) is 5.88 Å². The molecule has 1 aromatic heterocycles. The average molecular weight is 268 g/mol. The molecule has 0 fully saturated rings. The van der Waals surface area contributed by atoms with Crippen molar-refractivity contribution in [3.63, 3.8) is 0 Å². The Morgan fingerprint density at radius 2 is 1.95 bits per heavy atom. The third kappa shape index (κ3) is 4.35. The van der Waals surface area contributed by atoms with E-state index in [2.05, 4.69) is 15.3 Å². The maximum atomic E-state index is 11.2. The zero-order valence-electron chi connectivity index (χ0n) is 11.9. The van der Waals surface area contributed by atoms with Gasteiger partial charge in [0.15, 0.2) is 0 Å². The number of anilines is 1. The maximum absolute atomic E-state index is 11.2. The first-order valence-electron chi connectivity index (χ1n) is 6.23.